The Morgan fingerprint density at radius 2 is 1.79 bits per heavy atom. The third-order valence-corrected chi connectivity index (χ3v) is 4.49. The summed E-state index contributed by atoms with van der Waals surface area (Å²) in [6.45, 7) is 4.54. The lowest BCUT2D eigenvalue weighted by atomic mass is 10.1. The van der Waals surface area contributed by atoms with E-state index in [0.29, 0.717) is 16.9 Å². The highest BCUT2D eigenvalue weighted by atomic mass is 32.2. The van der Waals surface area contributed by atoms with Gasteiger partial charge in [-0.25, -0.2) is 8.42 Å². The van der Waals surface area contributed by atoms with Crippen molar-refractivity contribution >= 4 is 16.0 Å². The van der Waals surface area contributed by atoms with Gasteiger partial charge in [-0.05, 0) is 44.0 Å². The zero-order valence-corrected chi connectivity index (χ0v) is 12.0. The first-order valence-electron chi connectivity index (χ1n) is 5.59. The summed E-state index contributed by atoms with van der Waals surface area (Å²) >= 11 is 0. The molecule has 0 aliphatic rings. The minimum absolute atomic E-state index is 0.0846. The SMILES string of the molecule is COc1cc(C)c(S(=O)(=O)N[C@H](C)C(=O)O)c(C)c1. The van der Waals surface area contributed by atoms with Gasteiger partial charge in [0.2, 0.25) is 10.0 Å². The van der Waals surface area contributed by atoms with Gasteiger partial charge in [0.1, 0.15) is 11.8 Å². The standard InChI is InChI=1S/C12H17NO5S/c1-7-5-10(18-4)6-8(2)11(7)19(16,17)13-9(3)12(14)15/h5-6,9,13H,1-4H3,(H,14,15)/t9-/m1/s1. The predicted octanol–water partition coefficient (Wildman–Crippen LogP) is 1.06. The maximum atomic E-state index is 12.2. The molecule has 0 aliphatic heterocycles. The molecule has 0 fully saturated rings. The van der Waals surface area contributed by atoms with E-state index in [0.717, 1.165) is 0 Å². The van der Waals surface area contributed by atoms with Gasteiger partial charge in [0.25, 0.3) is 0 Å². The van der Waals surface area contributed by atoms with Crippen molar-refractivity contribution < 1.29 is 23.1 Å². The molecule has 2 N–H and O–H groups in total. The van der Waals surface area contributed by atoms with Crippen LogP contribution in [-0.2, 0) is 14.8 Å². The summed E-state index contributed by atoms with van der Waals surface area (Å²) in [6.07, 6.45) is 0. The fourth-order valence-corrected chi connectivity index (χ4v) is 3.44. The smallest absolute Gasteiger partial charge is 0.321 e. The van der Waals surface area contributed by atoms with E-state index < -0.39 is 22.0 Å². The van der Waals surface area contributed by atoms with Crippen LogP contribution in [0.15, 0.2) is 17.0 Å². The molecule has 1 atom stereocenters. The molecule has 0 bridgehead atoms. The van der Waals surface area contributed by atoms with E-state index in [4.69, 9.17) is 9.84 Å². The normalized spacial score (nSPS) is 13.1. The van der Waals surface area contributed by atoms with E-state index in [1.807, 2.05) is 0 Å². The zero-order valence-electron chi connectivity index (χ0n) is 11.2. The summed E-state index contributed by atoms with van der Waals surface area (Å²) in [7, 11) is -2.38. The third-order valence-electron chi connectivity index (χ3n) is 2.64. The van der Waals surface area contributed by atoms with Crippen LogP contribution in [0, 0.1) is 13.8 Å². The molecule has 6 nitrogen and oxygen atoms in total. The number of aryl methyl sites for hydroxylation is 2. The Morgan fingerprint density at radius 3 is 2.16 bits per heavy atom. The Morgan fingerprint density at radius 1 is 1.32 bits per heavy atom. The second-order valence-electron chi connectivity index (χ2n) is 4.27. The molecular formula is C12H17NO5S. The van der Waals surface area contributed by atoms with E-state index in [1.54, 1.807) is 26.0 Å². The van der Waals surface area contributed by atoms with Crippen LogP contribution in [0.25, 0.3) is 0 Å². The van der Waals surface area contributed by atoms with Crippen molar-refractivity contribution in [2.75, 3.05) is 7.11 Å². The molecule has 0 aromatic heterocycles. The van der Waals surface area contributed by atoms with Crippen molar-refractivity contribution in [3.8, 4) is 5.75 Å². The number of carboxylic acid groups (broad SMARTS) is 1. The Labute approximate surface area is 112 Å². The highest BCUT2D eigenvalue weighted by Crippen LogP contribution is 2.25. The van der Waals surface area contributed by atoms with Crippen LogP contribution in [0.3, 0.4) is 0 Å². The number of carbonyl (C=O) groups is 1. The van der Waals surface area contributed by atoms with E-state index in [1.165, 1.54) is 14.0 Å². The molecule has 0 radical (unpaired) electrons. The molecule has 1 aromatic rings. The Balaban J connectivity index is 3.26. The Kier molecular flexibility index (Phi) is 4.54. The average Bonchev–Trinajstić information content (AvgIpc) is 2.26. The van der Waals surface area contributed by atoms with Gasteiger partial charge in [-0.15, -0.1) is 0 Å². The molecule has 0 amide bonds. The van der Waals surface area contributed by atoms with Crippen molar-refractivity contribution in [2.24, 2.45) is 0 Å². The highest BCUT2D eigenvalue weighted by molar-refractivity contribution is 7.89. The van der Waals surface area contributed by atoms with Gasteiger partial charge >= 0.3 is 5.97 Å². The number of aliphatic carboxylic acids is 1. The number of carboxylic acids is 1. The maximum absolute atomic E-state index is 12.2. The fourth-order valence-electron chi connectivity index (χ4n) is 1.79. The molecule has 1 rings (SSSR count). The predicted molar refractivity (Wildman–Crippen MR) is 69.9 cm³/mol. The molecule has 0 saturated heterocycles. The largest absolute Gasteiger partial charge is 0.497 e. The van der Waals surface area contributed by atoms with Gasteiger partial charge in [0.15, 0.2) is 0 Å². The summed E-state index contributed by atoms with van der Waals surface area (Å²) in [6, 6.07) is 1.99. The molecule has 106 valence electrons. The van der Waals surface area contributed by atoms with Crippen molar-refractivity contribution in [2.45, 2.75) is 31.7 Å². The first kappa shape index (κ1) is 15.5. The maximum Gasteiger partial charge on any atom is 0.321 e. The average molecular weight is 287 g/mol. The van der Waals surface area contributed by atoms with E-state index in [-0.39, 0.29) is 4.90 Å². The second-order valence-corrected chi connectivity index (χ2v) is 5.92. The van der Waals surface area contributed by atoms with Crippen LogP contribution in [-0.4, -0.2) is 32.6 Å². The van der Waals surface area contributed by atoms with Gasteiger partial charge in [0.05, 0.1) is 12.0 Å². The lowest BCUT2D eigenvalue weighted by molar-refractivity contribution is -0.138. The van der Waals surface area contributed by atoms with Crippen molar-refractivity contribution in [1.82, 2.24) is 4.72 Å². The van der Waals surface area contributed by atoms with Crippen LogP contribution < -0.4 is 9.46 Å². The summed E-state index contributed by atoms with van der Waals surface area (Å²) in [5.41, 5.74) is 1.00. The molecule has 0 spiro atoms. The van der Waals surface area contributed by atoms with Gasteiger partial charge < -0.3 is 9.84 Å². The molecule has 0 heterocycles. The summed E-state index contributed by atoms with van der Waals surface area (Å²) < 4.78 is 31.5. The summed E-state index contributed by atoms with van der Waals surface area (Å²) in [4.78, 5) is 10.8. The van der Waals surface area contributed by atoms with Gasteiger partial charge in [-0.3, -0.25) is 4.79 Å². The van der Waals surface area contributed by atoms with Gasteiger partial charge in [-0.2, -0.15) is 4.72 Å². The summed E-state index contributed by atoms with van der Waals surface area (Å²) in [5, 5.41) is 8.77. The van der Waals surface area contributed by atoms with Crippen LogP contribution in [0.1, 0.15) is 18.1 Å². The van der Waals surface area contributed by atoms with E-state index >= 15 is 0 Å². The number of hydrogen-bond acceptors (Lipinski definition) is 4. The minimum Gasteiger partial charge on any atom is -0.497 e. The van der Waals surface area contributed by atoms with E-state index in [2.05, 4.69) is 4.72 Å². The Bertz CT molecular complexity index is 571. The van der Waals surface area contributed by atoms with Crippen molar-refractivity contribution in [3.63, 3.8) is 0 Å². The number of ether oxygens (including phenoxy) is 1. The lowest BCUT2D eigenvalue weighted by Crippen LogP contribution is -2.38. The van der Waals surface area contributed by atoms with Crippen molar-refractivity contribution in [1.29, 1.82) is 0 Å². The quantitative estimate of drug-likeness (QED) is 0.845. The van der Waals surface area contributed by atoms with Gasteiger partial charge in [0, 0.05) is 0 Å². The van der Waals surface area contributed by atoms with Gasteiger partial charge in [-0.1, -0.05) is 0 Å². The fraction of sp³-hybridized carbons (Fsp3) is 0.417. The molecule has 0 aliphatic carbocycles. The van der Waals surface area contributed by atoms with Crippen LogP contribution in [0.2, 0.25) is 0 Å². The Hall–Kier alpha value is -1.60. The summed E-state index contributed by atoms with van der Waals surface area (Å²) in [5.74, 6) is -0.673. The topological polar surface area (TPSA) is 92.7 Å². The molecule has 1 aromatic carbocycles. The number of hydrogen-bond donors (Lipinski definition) is 2. The highest BCUT2D eigenvalue weighted by Gasteiger charge is 2.25. The van der Waals surface area contributed by atoms with Crippen LogP contribution in [0.5, 0.6) is 5.75 Å². The molecule has 19 heavy (non-hydrogen) atoms. The number of nitrogens with one attached hydrogen (secondary N) is 1. The van der Waals surface area contributed by atoms with Crippen LogP contribution in [0.4, 0.5) is 0 Å². The number of methoxy groups -OCH3 is 1. The first-order chi connectivity index (χ1) is 8.69. The van der Waals surface area contributed by atoms with Crippen molar-refractivity contribution in [3.05, 3.63) is 23.3 Å². The first-order valence-corrected chi connectivity index (χ1v) is 7.07. The zero-order chi connectivity index (χ0) is 14.8. The van der Waals surface area contributed by atoms with Crippen LogP contribution >= 0.6 is 0 Å². The van der Waals surface area contributed by atoms with E-state index in [9.17, 15) is 13.2 Å². The lowest BCUT2D eigenvalue weighted by Gasteiger charge is -2.15. The number of benzene rings is 1. The molecule has 7 heteroatoms. The minimum atomic E-state index is -3.88. The number of sulfonamides is 1. The number of rotatable bonds is 5. The monoisotopic (exact) mass is 287 g/mol. The molecular weight excluding hydrogens is 270 g/mol. The molecule has 0 unspecified atom stereocenters. The third kappa shape index (κ3) is 3.45. The molecule has 0 saturated carbocycles. The second kappa shape index (κ2) is 5.58.